The largest absolute Gasteiger partial charge is 0.386 e. The highest BCUT2D eigenvalue weighted by Gasteiger charge is 2.44. The molecule has 2 saturated heterocycles. The molecule has 2 aliphatic heterocycles. The molecule has 4 amide bonds. The predicted molar refractivity (Wildman–Crippen MR) is 52.2 cm³/mol. The van der Waals surface area contributed by atoms with Crippen molar-refractivity contribution >= 4 is 17.8 Å². The van der Waals surface area contributed by atoms with E-state index in [4.69, 9.17) is 0 Å². The van der Waals surface area contributed by atoms with Crippen molar-refractivity contribution in [3.63, 3.8) is 0 Å². The summed E-state index contributed by atoms with van der Waals surface area (Å²) in [6, 6.07) is -0.579. The first-order valence-electron chi connectivity index (χ1n) is 4.99. The van der Waals surface area contributed by atoms with Gasteiger partial charge in [0.05, 0.1) is 18.7 Å². The fourth-order valence-corrected chi connectivity index (χ4v) is 1.88. The normalized spacial score (nSPS) is 27.9. The monoisotopic (exact) mass is 227 g/mol. The Morgan fingerprint density at radius 2 is 2.12 bits per heavy atom. The Hall–Kier alpha value is -1.63. The van der Waals surface area contributed by atoms with Gasteiger partial charge in [0.25, 0.3) is 0 Å². The van der Waals surface area contributed by atoms with E-state index >= 15 is 0 Å². The molecule has 1 unspecified atom stereocenters. The summed E-state index contributed by atoms with van der Waals surface area (Å²) >= 11 is 0. The van der Waals surface area contributed by atoms with E-state index < -0.39 is 23.5 Å². The SMILES string of the molecule is CC1(O)CN(C(=O)C2CNC(=O)NC2=O)C1. The smallest absolute Gasteiger partial charge is 0.321 e. The summed E-state index contributed by atoms with van der Waals surface area (Å²) in [5.41, 5.74) is -0.857. The number of carbonyl (C=O) groups excluding carboxylic acids is 3. The van der Waals surface area contributed by atoms with Crippen LogP contribution >= 0.6 is 0 Å². The average Bonchev–Trinajstić information content (AvgIpc) is 2.13. The van der Waals surface area contributed by atoms with Crippen LogP contribution in [0.15, 0.2) is 0 Å². The maximum atomic E-state index is 11.8. The molecule has 88 valence electrons. The molecule has 1 atom stereocenters. The van der Waals surface area contributed by atoms with Gasteiger partial charge in [-0.15, -0.1) is 0 Å². The topological polar surface area (TPSA) is 98.7 Å². The molecule has 7 nitrogen and oxygen atoms in total. The zero-order valence-electron chi connectivity index (χ0n) is 8.82. The Bertz CT molecular complexity index is 358. The second-order valence-electron chi connectivity index (χ2n) is 4.44. The Balaban J connectivity index is 1.96. The molecule has 2 heterocycles. The summed E-state index contributed by atoms with van der Waals surface area (Å²) in [4.78, 5) is 35.4. The van der Waals surface area contributed by atoms with E-state index in [9.17, 15) is 19.5 Å². The van der Waals surface area contributed by atoms with Gasteiger partial charge in [-0.25, -0.2) is 4.79 Å². The van der Waals surface area contributed by atoms with Gasteiger partial charge in [0.15, 0.2) is 0 Å². The minimum absolute atomic E-state index is 0.0160. The molecular weight excluding hydrogens is 214 g/mol. The molecule has 0 radical (unpaired) electrons. The van der Waals surface area contributed by atoms with Crippen molar-refractivity contribution in [1.82, 2.24) is 15.5 Å². The summed E-state index contributed by atoms with van der Waals surface area (Å²) in [6.45, 7) is 2.09. The molecular formula is C9H13N3O4. The van der Waals surface area contributed by atoms with E-state index in [-0.39, 0.29) is 25.5 Å². The van der Waals surface area contributed by atoms with Crippen LogP contribution < -0.4 is 10.6 Å². The van der Waals surface area contributed by atoms with E-state index in [1.807, 2.05) is 5.32 Å². The summed E-state index contributed by atoms with van der Waals surface area (Å²) < 4.78 is 0. The molecule has 2 aliphatic rings. The minimum atomic E-state index is -0.881. The lowest BCUT2D eigenvalue weighted by atomic mass is 9.94. The average molecular weight is 227 g/mol. The molecule has 16 heavy (non-hydrogen) atoms. The van der Waals surface area contributed by atoms with Crippen molar-refractivity contribution in [1.29, 1.82) is 0 Å². The number of rotatable bonds is 1. The molecule has 0 spiro atoms. The van der Waals surface area contributed by atoms with Crippen molar-refractivity contribution in [2.45, 2.75) is 12.5 Å². The molecule has 0 aromatic carbocycles. The maximum absolute atomic E-state index is 11.8. The highest BCUT2D eigenvalue weighted by atomic mass is 16.3. The number of likely N-dealkylation sites (tertiary alicyclic amines) is 1. The van der Waals surface area contributed by atoms with E-state index in [2.05, 4.69) is 5.32 Å². The number of amides is 4. The number of imide groups is 1. The third-order valence-electron chi connectivity index (χ3n) is 2.69. The number of β-amino-alcohol motifs (C(OH)–C–C–N with tert-alkyl or cyclic N) is 1. The maximum Gasteiger partial charge on any atom is 0.321 e. The number of nitrogens with zero attached hydrogens (tertiary/aromatic N) is 1. The third kappa shape index (κ3) is 1.85. The van der Waals surface area contributed by atoms with Gasteiger partial charge in [-0.3, -0.25) is 14.9 Å². The highest BCUT2D eigenvalue weighted by Crippen LogP contribution is 2.22. The molecule has 2 fully saturated rings. The fraction of sp³-hybridized carbons (Fsp3) is 0.667. The van der Waals surface area contributed by atoms with Crippen molar-refractivity contribution < 1.29 is 19.5 Å². The molecule has 0 aliphatic carbocycles. The van der Waals surface area contributed by atoms with Crippen LogP contribution in [-0.4, -0.2) is 53.1 Å². The zero-order valence-corrected chi connectivity index (χ0v) is 8.82. The second-order valence-corrected chi connectivity index (χ2v) is 4.44. The lowest BCUT2D eigenvalue weighted by molar-refractivity contribution is -0.159. The Morgan fingerprint density at radius 3 is 2.62 bits per heavy atom. The molecule has 0 aromatic heterocycles. The molecule has 7 heteroatoms. The van der Waals surface area contributed by atoms with Crippen LogP contribution in [0.5, 0.6) is 0 Å². The number of hydrogen-bond donors (Lipinski definition) is 3. The first-order valence-corrected chi connectivity index (χ1v) is 4.99. The molecule has 0 bridgehead atoms. The summed E-state index contributed by atoms with van der Waals surface area (Å²) in [7, 11) is 0. The Labute approximate surface area is 91.8 Å². The highest BCUT2D eigenvalue weighted by molar-refractivity contribution is 6.08. The molecule has 0 saturated carbocycles. The lowest BCUT2D eigenvalue weighted by Gasteiger charge is -2.45. The quantitative estimate of drug-likeness (QED) is 0.453. The van der Waals surface area contributed by atoms with Gasteiger partial charge in [-0.2, -0.15) is 0 Å². The number of carbonyl (C=O) groups is 3. The number of nitrogens with one attached hydrogen (secondary N) is 2. The number of urea groups is 1. The van der Waals surface area contributed by atoms with Gasteiger partial charge in [-0.1, -0.05) is 0 Å². The van der Waals surface area contributed by atoms with Crippen LogP contribution in [0.3, 0.4) is 0 Å². The number of hydrogen-bond acceptors (Lipinski definition) is 4. The van der Waals surface area contributed by atoms with Crippen LogP contribution in [0.25, 0.3) is 0 Å². The zero-order chi connectivity index (χ0) is 11.9. The summed E-state index contributed by atoms with van der Waals surface area (Å²) in [5, 5.41) is 13.9. The van der Waals surface area contributed by atoms with E-state index in [1.54, 1.807) is 6.92 Å². The Morgan fingerprint density at radius 1 is 1.50 bits per heavy atom. The lowest BCUT2D eigenvalue weighted by Crippen LogP contribution is -2.66. The van der Waals surface area contributed by atoms with E-state index in [1.165, 1.54) is 4.90 Å². The first-order chi connectivity index (χ1) is 7.39. The van der Waals surface area contributed by atoms with Crippen LogP contribution in [-0.2, 0) is 9.59 Å². The van der Waals surface area contributed by atoms with Crippen molar-refractivity contribution in [3.05, 3.63) is 0 Å². The van der Waals surface area contributed by atoms with Crippen LogP contribution in [0.1, 0.15) is 6.92 Å². The molecule has 3 N–H and O–H groups in total. The van der Waals surface area contributed by atoms with Gasteiger partial charge < -0.3 is 15.3 Å². The molecule has 2 rings (SSSR count). The van der Waals surface area contributed by atoms with E-state index in [0.29, 0.717) is 0 Å². The minimum Gasteiger partial charge on any atom is -0.386 e. The van der Waals surface area contributed by atoms with Gasteiger partial charge in [-0.05, 0) is 6.92 Å². The first kappa shape index (κ1) is 10.9. The van der Waals surface area contributed by atoms with Crippen molar-refractivity contribution in [3.8, 4) is 0 Å². The van der Waals surface area contributed by atoms with Crippen molar-refractivity contribution in [2.75, 3.05) is 19.6 Å². The number of aliphatic hydroxyl groups is 1. The van der Waals surface area contributed by atoms with E-state index in [0.717, 1.165) is 0 Å². The standard InChI is InChI=1S/C9H13N3O4/c1-9(16)3-12(4-9)7(14)5-2-10-8(15)11-6(5)13/h5,16H,2-4H2,1H3,(H2,10,11,13,15). The summed E-state index contributed by atoms with van der Waals surface area (Å²) in [5.74, 6) is -1.82. The Kier molecular flexibility index (Phi) is 2.34. The molecule has 0 aromatic rings. The predicted octanol–water partition coefficient (Wildman–Crippen LogP) is -1.96. The van der Waals surface area contributed by atoms with Gasteiger partial charge in [0.1, 0.15) is 5.92 Å². The van der Waals surface area contributed by atoms with Crippen LogP contribution in [0, 0.1) is 5.92 Å². The summed E-state index contributed by atoms with van der Waals surface area (Å²) in [6.07, 6.45) is 0. The second kappa shape index (κ2) is 3.44. The van der Waals surface area contributed by atoms with Crippen LogP contribution in [0.4, 0.5) is 4.79 Å². The van der Waals surface area contributed by atoms with Gasteiger partial charge in [0.2, 0.25) is 11.8 Å². The van der Waals surface area contributed by atoms with Gasteiger partial charge in [0, 0.05) is 6.54 Å². The van der Waals surface area contributed by atoms with Gasteiger partial charge >= 0.3 is 6.03 Å². The fourth-order valence-electron chi connectivity index (χ4n) is 1.88. The van der Waals surface area contributed by atoms with Crippen molar-refractivity contribution in [2.24, 2.45) is 5.92 Å². The third-order valence-corrected chi connectivity index (χ3v) is 2.69. The van der Waals surface area contributed by atoms with Crippen LogP contribution in [0.2, 0.25) is 0 Å².